The van der Waals surface area contributed by atoms with Gasteiger partial charge in [0.2, 0.25) is 0 Å². The van der Waals surface area contributed by atoms with Crippen molar-refractivity contribution in [3.63, 3.8) is 0 Å². The van der Waals surface area contributed by atoms with Crippen molar-refractivity contribution in [3.8, 4) is 0 Å². The van der Waals surface area contributed by atoms with Gasteiger partial charge in [0, 0.05) is 25.1 Å². The molecular formula is C19H26N2O4. The molecule has 6 nitrogen and oxygen atoms in total. The quantitative estimate of drug-likeness (QED) is 0.835. The topological polar surface area (TPSA) is 67.9 Å². The summed E-state index contributed by atoms with van der Waals surface area (Å²) in [4.78, 5) is 26.8. The van der Waals surface area contributed by atoms with Crippen LogP contribution in [0.15, 0.2) is 24.3 Å². The predicted octanol–water partition coefficient (Wildman–Crippen LogP) is 3.29. The van der Waals surface area contributed by atoms with E-state index < -0.39 is 11.6 Å². The fourth-order valence-corrected chi connectivity index (χ4v) is 3.38. The van der Waals surface area contributed by atoms with Gasteiger partial charge in [-0.1, -0.05) is 12.1 Å². The summed E-state index contributed by atoms with van der Waals surface area (Å²) in [5.74, 6) is -0.439. The van der Waals surface area contributed by atoms with Crippen LogP contribution in [0.3, 0.4) is 0 Å². The van der Waals surface area contributed by atoms with Gasteiger partial charge < -0.3 is 19.7 Å². The maximum atomic E-state index is 12.6. The molecule has 0 saturated carbocycles. The Labute approximate surface area is 148 Å². The fraction of sp³-hybridized carbons (Fsp3) is 0.579. The summed E-state index contributed by atoms with van der Waals surface area (Å²) in [5.41, 5.74) is 0.370. The molecule has 2 fully saturated rings. The van der Waals surface area contributed by atoms with Crippen molar-refractivity contribution in [3.05, 3.63) is 29.8 Å². The van der Waals surface area contributed by atoms with Crippen molar-refractivity contribution in [1.29, 1.82) is 0 Å². The van der Waals surface area contributed by atoms with Crippen LogP contribution in [0.2, 0.25) is 0 Å². The van der Waals surface area contributed by atoms with Gasteiger partial charge in [-0.3, -0.25) is 0 Å². The lowest BCUT2D eigenvalue weighted by molar-refractivity contribution is 0.00708. The number of hydrogen-bond donors (Lipinski definition) is 1. The number of urea groups is 1. The van der Waals surface area contributed by atoms with Crippen molar-refractivity contribution in [2.75, 3.05) is 31.6 Å². The van der Waals surface area contributed by atoms with Crippen molar-refractivity contribution in [1.82, 2.24) is 4.90 Å². The molecule has 0 aliphatic carbocycles. The molecule has 0 bridgehead atoms. The Kier molecular flexibility index (Phi) is 4.73. The number of nitrogens with zero attached hydrogens (tertiary/aromatic N) is 1. The standard InChI is InChI=1S/C19H26N2O4/c1-18(2,3)25-16(22)14-6-4-5-7-15(14)20-17(23)21-10-8-19(12-21)9-11-24-13-19/h4-7H,8-13H2,1-3H3,(H,20,23)/t19-/m0/s1. The second-order valence-corrected chi connectivity index (χ2v) is 7.95. The number of hydrogen-bond acceptors (Lipinski definition) is 4. The van der Waals surface area contributed by atoms with Gasteiger partial charge in [0.05, 0.1) is 17.9 Å². The van der Waals surface area contributed by atoms with Crippen LogP contribution in [-0.2, 0) is 9.47 Å². The molecule has 0 radical (unpaired) electrons. The largest absolute Gasteiger partial charge is 0.456 e. The number of para-hydroxylation sites is 1. The van der Waals surface area contributed by atoms with Gasteiger partial charge in [-0.25, -0.2) is 9.59 Å². The van der Waals surface area contributed by atoms with Gasteiger partial charge in [0.25, 0.3) is 0 Å². The van der Waals surface area contributed by atoms with E-state index in [4.69, 9.17) is 9.47 Å². The molecule has 1 aromatic carbocycles. The van der Waals surface area contributed by atoms with Crippen LogP contribution < -0.4 is 5.32 Å². The van der Waals surface area contributed by atoms with Crippen LogP contribution in [0, 0.1) is 5.41 Å². The average Bonchev–Trinajstić information content (AvgIpc) is 3.16. The molecule has 2 amide bonds. The fourth-order valence-electron chi connectivity index (χ4n) is 3.38. The molecule has 3 rings (SSSR count). The molecule has 25 heavy (non-hydrogen) atoms. The molecular weight excluding hydrogens is 320 g/mol. The maximum absolute atomic E-state index is 12.6. The first-order valence-corrected chi connectivity index (χ1v) is 8.74. The van der Waals surface area contributed by atoms with E-state index in [1.807, 2.05) is 20.8 Å². The number of rotatable bonds is 2. The number of esters is 1. The van der Waals surface area contributed by atoms with E-state index in [0.29, 0.717) is 24.3 Å². The molecule has 2 aliphatic heterocycles. The van der Waals surface area contributed by atoms with Crippen LogP contribution in [-0.4, -0.2) is 48.8 Å². The van der Waals surface area contributed by atoms with Gasteiger partial charge in [0.1, 0.15) is 5.60 Å². The van der Waals surface area contributed by atoms with Gasteiger partial charge in [-0.2, -0.15) is 0 Å². The van der Waals surface area contributed by atoms with Gasteiger partial charge in [-0.05, 0) is 45.7 Å². The van der Waals surface area contributed by atoms with E-state index >= 15 is 0 Å². The minimum Gasteiger partial charge on any atom is -0.456 e. The number of carbonyl (C=O) groups excluding carboxylic acids is 2. The van der Waals surface area contributed by atoms with Gasteiger partial charge >= 0.3 is 12.0 Å². The first-order chi connectivity index (χ1) is 11.8. The first kappa shape index (κ1) is 17.7. The lowest BCUT2D eigenvalue weighted by atomic mass is 9.87. The van der Waals surface area contributed by atoms with Crippen LogP contribution in [0.4, 0.5) is 10.5 Å². The Morgan fingerprint density at radius 3 is 2.68 bits per heavy atom. The van der Waals surface area contributed by atoms with E-state index in [-0.39, 0.29) is 11.4 Å². The minimum absolute atomic E-state index is 0.113. The highest BCUT2D eigenvalue weighted by atomic mass is 16.6. The number of carbonyl (C=O) groups is 2. The molecule has 1 spiro atoms. The third kappa shape index (κ3) is 4.12. The second-order valence-electron chi connectivity index (χ2n) is 7.95. The third-order valence-corrected chi connectivity index (χ3v) is 4.70. The first-order valence-electron chi connectivity index (χ1n) is 8.74. The smallest absolute Gasteiger partial charge is 0.340 e. The Bertz CT molecular complexity index is 660. The summed E-state index contributed by atoms with van der Waals surface area (Å²) < 4.78 is 10.9. The number of ether oxygens (including phenoxy) is 2. The Balaban J connectivity index is 1.69. The summed E-state index contributed by atoms with van der Waals surface area (Å²) >= 11 is 0. The molecule has 0 unspecified atom stereocenters. The number of likely N-dealkylation sites (tertiary alicyclic amines) is 1. The highest BCUT2D eigenvalue weighted by molar-refractivity contribution is 6.01. The van der Waals surface area contributed by atoms with E-state index in [2.05, 4.69) is 5.32 Å². The molecule has 2 saturated heterocycles. The summed E-state index contributed by atoms with van der Waals surface area (Å²) in [5, 5.41) is 2.87. The predicted molar refractivity (Wildman–Crippen MR) is 94.7 cm³/mol. The molecule has 1 N–H and O–H groups in total. The Hall–Kier alpha value is -2.08. The van der Waals surface area contributed by atoms with Gasteiger partial charge in [0.15, 0.2) is 0 Å². The highest BCUT2D eigenvalue weighted by Gasteiger charge is 2.42. The van der Waals surface area contributed by atoms with Crippen LogP contribution >= 0.6 is 0 Å². The van der Waals surface area contributed by atoms with E-state index in [0.717, 1.165) is 26.1 Å². The summed E-state index contributed by atoms with van der Waals surface area (Å²) in [6.45, 7) is 8.37. The summed E-state index contributed by atoms with van der Waals surface area (Å²) in [7, 11) is 0. The molecule has 6 heteroatoms. The lowest BCUT2D eigenvalue weighted by Crippen LogP contribution is -2.36. The number of anilines is 1. The molecule has 2 aliphatic rings. The van der Waals surface area contributed by atoms with Gasteiger partial charge in [-0.15, -0.1) is 0 Å². The van der Waals surface area contributed by atoms with Crippen molar-refractivity contribution in [2.45, 2.75) is 39.2 Å². The molecule has 1 atom stereocenters. The number of benzene rings is 1. The van der Waals surface area contributed by atoms with Crippen molar-refractivity contribution >= 4 is 17.7 Å². The monoisotopic (exact) mass is 346 g/mol. The van der Waals surface area contributed by atoms with Crippen molar-refractivity contribution in [2.24, 2.45) is 5.41 Å². The SMILES string of the molecule is CC(C)(C)OC(=O)c1ccccc1NC(=O)N1CC[C@]2(CCOC2)C1. The lowest BCUT2D eigenvalue weighted by Gasteiger charge is -2.23. The van der Waals surface area contributed by atoms with E-state index in [1.165, 1.54) is 0 Å². The molecule has 1 aromatic rings. The van der Waals surface area contributed by atoms with Crippen LogP contribution in [0.1, 0.15) is 44.0 Å². The Morgan fingerprint density at radius 1 is 1.24 bits per heavy atom. The summed E-state index contributed by atoms with van der Waals surface area (Å²) in [6.07, 6.45) is 1.97. The maximum Gasteiger partial charge on any atom is 0.340 e. The van der Waals surface area contributed by atoms with E-state index in [1.54, 1.807) is 29.2 Å². The zero-order valence-electron chi connectivity index (χ0n) is 15.1. The average molecular weight is 346 g/mol. The number of amides is 2. The third-order valence-electron chi connectivity index (χ3n) is 4.70. The molecule has 0 aromatic heterocycles. The zero-order chi connectivity index (χ0) is 18.1. The molecule has 2 heterocycles. The highest BCUT2D eigenvalue weighted by Crippen LogP contribution is 2.38. The van der Waals surface area contributed by atoms with E-state index in [9.17, 15) is 9.59 Å². The normalized spacial score (nSPS) is 23.1. The second kappa shape index (κ2) is 6.67. The number of nitrogens with one attached hydrogen (secondary N) is 1. The van der Waals surface area contributed by atoms with Crippen LogP contribution in [0.25, 0.3) is 0 Å². The van der Waals surface area contributed by atoms with Crippen LogP contribution in [0.5, 0.6) is 0 Å². The van der Waals surface area contributed by atoms with Crippen molar-refractivity contribution < 1.29 is 19.1 Å². The summed E-state index contributed by atoms with van der Waals surface area (Å²) in [6, 6.07) is 6.76. The minimum atomic E-state index is -0.585. The molecule has 136 valence electrons. The Morgan fingerprint density at radius 2 is 2.00 bits per heavy atom. The zero-order valence-corrected chi connectivity index (χ0v) is 15.1.